The molecule has 36 heavy (non-hydrogen) atoms. The van der Waals surface area contributed by atoms with Crippen LogP contribution in [0.15, 0.2) is 11.1 Å². The van der Waals surface area contributed by atoms with E-state index in [0.29, 0.717) is 22.7 Å². The SMILES string of the molecule is CC(C)C1=C2[C@H]3CC[C@@H]4[C@@]5(C)CC[C@H](C)C(C)(C)[C@H]5CC[C@@]4(C)[C@]3(C)CC[C@@]2(C(O)C[N+](=O)[O-])CC1. The predicted octanol–water partition coefficient (Wildman–Crippen LogP) is 8.06. The van der Waals surface area contributed by atoms with Crippen LogP contribution in [-0.4, -0.2) is 22.7 Å². The Morgan fingerprint density at radius 3 is 2.25 bits per heavy atom. The van der Waals surface area contributed by atoms with Crippen molar-refractivity contribution in [3.05, 3.63) is 21.3 Å². The van der Waals surface area contributed by atoms with E-state index < -0.39 is 6.10 Å². The molecule has 4 saturated carbocycles. The maximum Gasteiger partial charge on any atom is 0.230 e. The smallest absolute Gasteiger partial charge is 0.230 e. The van der Waals surface area contributed by atoms with E-state index >= 15 is 0 Å². The summed E-state index contributed by atoms with van der Waals surface area (Å²) in [4.78, 5) is 11.2. The monoisotopic (exact) mass is 499 g/mol. The van der Waals surface area contributed by atoms with Crippen LogP contribution in [0.25, 0.3) is 0 Å². The second-order valence-electron chi connectivity index (χ2n) is 15.7. The van der Waals surface area contributed by atoms with E-state index in [1.807, 2.05) is 0 Å². The fourth-order valence-electron chi connectivity index (χ4n) is 11.7. The number of hydrogen-bond donors (Lipinski definition) is 1. The van der Waals surface area contributed by atoms with Crippen LogP contribution in [0.4, 0.5) is 0 Å². The minimum absolute atomic E-state index is 0.203. The van der Waals surface area contributed by atoms with Gasteiger partial charge in [-0.3, -0.25) is 10.1 Å². The largest absolute Gasteiger partial charge is 0.385 e. The highest BCUT2D eigenvalue weighted by Gasteiger charge is 2.69. The van der Waals surface area contributed by atoms with Gasteiger partial charge in [0.2, 0.25) is 6.54 Å². The lowest BCUT2D eigenvalue weighted by molar-refractivity contribution is -0.494. The molecule has 0 radical (unpaired) electrons. The summed E-state index contributed by atoms with van der Waals surface area (Å²) in [6.45, 7) is 19.8. The first-order valence-electron chi connectivity index (χ1n) is 15.2. The highest BCUT2D eigenvalue weighted by atomic mass is 16.6. The molecule has 204 valence electrons. The number of hydrogen-bond acceptors (Lipinski definition) is 3. The minimum Gasteiger partial charge on any atom is -0.385 e. The zero-order valence-corrected chi connectivity index (χ0v) is 24.5. The van der Waals surface area contributed by atoms with Gasteiger partial charge in [-0.05, 0) is 115 Å². The number of aliphatic hydroxyl groups excluding tert-OH is 1. The van der Waals surface area contributed by atoms with Crippen LogP contribution in [0, 0.1) is 66.8 Å². The molecular weight excluding hydrogens is 446 g/mol. The molecule has 0 amide bonds. The second kappa shape index (κ2) is 8.30. The molecule has 4 nitrogen and oxygen atoms in total. The summed E-state index contributed by atoms with van der Waals surface area (Å²) < 4.78 is 0. The van der Waals surface area contributed by atoms with Gasteiger partial charge in [-0.2, -0.15) is 0 Å². The number of nitrogens with zero attached hydrogens (tertiary/aromatic N) is 1. The third-order valence-corrected chi connectivity index (χ3v) is 14.2. The molecule has 0 aromatic rings. The van der Waals surface area contributed by atoms with Crippen molar-refractivity contribution in [2.45, 2.75) is 126 Å². The molecular formula is C32H53NO3. The zero-order valence-electron chi connectivity index (χ0n) is 24.5. The topological polar surface area (TPSA) is 63.4 Å². The summed E-state index contributed by atoms with van der Waals surface area (Å²) in [5, 5.41) is 22.9. The first-order valence-corrected chi connectivity index (χ1v) is 15.2. The van der Waals surface area contributed by atoms with E-state index in [1.54, 1.807) is 0 Å². The fraction of sp³-hybridized carbons (Fsp3) is 0.938. The predicted molar refractivity (Wildman–Crippen MR) is 146 cm³/mol. The van der Waals surface area contributed by atoms with E-state index in [1.165, 1.54) is 49.7 Å². The Morgan fingerprint density at radius 2 is 1.61 bits per heavy atom. The van der Waals surface area contributed by atoms with Crippen LogP contribution < -0.4 is 0 Å². The van der Waals surface area contributed by atoms with Crippen LogP contribution in [0.1, 0.15) is 120 Å². The van der Waals surface area contributed by atoms with Gasteiger partial charge in [0, 0.05) is 10.3 Å². The van der Waals surface area contributed by atoms with Crippen molar-refractivity contribution in [2.24, 2.45) is 56.7 Å². The Kier molecular flexibility index (Phi) is 6.15. The lowest BCUT2D eigenvalue weighted by Gasteiger charge is -2.72. The molecule has 5 rings (SSSR count). The number of allylic oxidation sites excluding steroid dienone is 1. The minimum atomic E-state index is -0.859. The van der Waals surface area contributed by atoms with E-state index in [2.05, 4.69) is 55.4 Å². The van der Waals surface area contributed by atoms with Crippen molar-refractivity contribution in [3.8, 4) is 0 Å². The van der Waals surface area contributed by atoms with Crippen LogP contribution in [0.5, 0.6) is 0 Å². The van der Waals surface area contributed by atoms with Crippen molar-refractivity contribution >= 4 is 0 Å². The first-order chi connectivity index (χ1) is 16.6. The van der Waals surface area contributed by atoms with E-state index in [4.69, 9.17) is 0 Å². The molecule has 0 bridgehead atoms. The Hall–Kier alpha value is -0.900. The molecule has 4 heteroatoms. The Morgan fingerprint density at radius 1 is 0.917 bits per heavy atom. The summed E-state index contributed by atoms with van der Waals surface area (Å²) >= 11 is 0. The van der Waals surface area contributed by atoms with Gasteiger partial charge in [0.25, 0.3) is 0 Å². The normalized spacial score (nSPS) is 48.6. The lowest BCUT2D eigenvalue weighted by Crippen LogP contribution is -2.65. The number of fused-ring (bicyclic) bond motifs is 7. The Bertz CT molecular complexity index is 953. The van der Waals surface area contributed by atoms with Crippen molar-refractivity contribution in [3.63, 3.8) is 0 Å². The third kappa shape index (κ3) is 3.27. The van der Waals surface area contributed by atoms with Gasteiger partial charge in [-0.15, -0.1) is 0 Å². The van der Waals surface area contributed by atoms with Gasteiger partial charge in [0.1, 0.15) is 6.10 Å². The molecule has 0 aromatic carbocycles. The highest BCUT2D eigenvalue weighted by molar-refractivity contribution is 5.38. The molecule has 5 aliphatic carbocycles. The van der Waals surface area contributed by atoms with Gasteiger partial charge in [0.05, 0.1) is 0 Å². The van der Waals surface area contributed by atoms with Crippen LogP contribution in [0.3, 0.4) is 0 Å². The van der Waals surface area contributed by atoms with Crippen LogP contribution in [0.2, 0.25) is 0 Å². The summed E-state index contributed by atoms with van der Waals surface area (Å²) in [5.74, 6) is 3.25. The van der Waals surface area contributed by atoms with Crippen LogP contribution >= 0.6 is 0 Å². The van der Waals surface area contributed by atoms with Gasteiger partial charge >= 0.3 is 0 Å². The molecule has 0 spiro atoms. The second-order valence-corrected chi connectivity index (χ2v) is 15.7. The Labute approximate surface area is 220 Å². The van der Waals surface area contributed by atoms with Crippen molar-refractivity contribution in [1.82, 2.24) is 0 Å². The summed E-state index contributed by atoms with van der Waals surface area (Å²) in [5.41, 5.74) is 3.95. The maximum absolute atomic E-state index is 11.5. The van der Waals surface area contributed by atoms with Gasteiger partial charge in [0.15, 0.2) is 0 Å². The number of nitro groups is 1. The van der Waals surface area contributed by atoms with Gasteiger partial charge in [-0.1, -0.05) is 66.5 Å². The molecule has 0 saturated heterocycles. The first kappa shape index (κ1) is 26.7. The molecule has 0 aromatic heterocycles. The molecule has 9 atom stereocenters. The average Bonchev–Trinajstić information content (AvgIpc) is 3.18. The fourth-order valence-corrected chi connectivity index (χ4v) is 11.7. The number of aliphatic hydroxyl groups is 1. The molecule has 0 heterocycles. The zero-order chi connectivity index (χ0) is 26.5. The van der Waals surface area contributed by atoms with Crippen molar-refractivity contribution in [2.75, 3.05) is 6.54 Å². The summed E-state index contributed by atoms with van der Waals surface area (Å²) in [7, 11) is 0. The lowest BCUT2D eigenvalue weighted by atomic mass is 9.32. The van der Waals surface area contributed by atoms with Crippen molar-refractivity contribution in [1.29, 1.82) is 0 Å². The maximum atomic E-state index is 11.5. The number of rotatable bonds is 4. The van der Waals surface area contributed by atoms with Gasteiger partial charge in [-0.25, -0.2) is 0 Å². The molecule has 0 aliphatic heterocycles. The van der Waals surface area contributed by atoms with Crippen molar-refractivity contribution < 1.29 is 10.0 Å². The average molecular weight is 500 g/mol. The third-order valence-electron chi connectivity index (χ3n) is 14.2. The molecule has 1 unspecified atom stereocenters. The molecule has 5 aliphatic rings. The molecule has 1 N–H and O–H groups in total. The molecule has 4 fully saturated rings. The van der Waals surface area contributed by atoms with E-state index in [9.17, 15) is 15.2 Å². The Balaban J connectivity index is 1.57. The summed E-state index contributed by atoms with van der Waals surface area (Å²) in [6, 6.07) is 0. The van der Waals surface area contributed by atoms with Gasteiger partial charge < -0.3 is 5.11 Å². The quantitative estimate of drug-likeness (QED) is 0.242. The van der Waals surface area contributed by atoms with E-state index in [-0.39, 0.29) is 27.7 Å². The van der Waals surface area contributed by atoms with E-state index in [0.717, 1.165) is 43.4 Å². The van der Waals surface area contributed by atoms with Crippen LogP contribution in [-0.2, 0) is 0 Å². The standard InChI is InChI=1S/C32H53NO3/c1-20(2)22-12-16-32(26(34)19-33(35)36)18-17-30(7)23(27(22)32)9-10-25-29(6)14-11-21(3)28(4,5)24(29)13-15-31(25,30)8/h20-21,23-26,34H,9-19H2,1-8H3/t21-,23+,24+,25+,26?,29-,30+,31+,32+/m0/s1. The highest BCUT2D eigenvalue weighted by Crippen LogP contribution is 2.77. The summed E-state index contributed by atoms with van der Waals surface area (Å²) in [6.07, 6.45) is 11.0.